The monoisotopic (exact) mass is 262 g/mol. The lowest BCUT2D eigenvalue weighted by molar-refractivity contribution is 0.114. The van der Waals surface area contributed by atoms with Gasteiger partial charge in [0, 0.05) is 39.3 Å². The topological polar surface area (TPSA) is 26.7 Å². The van der Waals surface area contributed by atoms with E-state index in [9.17, 15) is 5.11 Å². The number of aromatic hydroxyl groups is 1. The van der Waals surface area contributed by atoms with Crippen molar-refractivity contribution >= 4 is 0 Å². The fourth-order valence-electron chi connectivity index (χ4n) is 2.61. The van der Waals surface area contributed by atoms with Crippen LogP contribution in [0.15, 0.2) is 24.3 Å². The Morgan fingerprint density at radius 2 is 1.84 bits per heavy atom. The van der Waals surface area contributed by atoms with Crippen LogP contribution in [-0.2, 0) is 6.54 Å². The summed E-state index contributed by atoms with van der Waals surface area (Å²) in [6.07, 6.45) is 1.27. The first kappa shape index (κ1) is 14.4. The molecular weight excluding hydrogens is 236 g/mol. The van der Waals surface area contributed by atoms with Crippen molar-refractivity contribution in [1.29, 1.82) is 0 Å². The third-order valence-electron chi connectivity index (χ3n) is 4.05. The maximum absolute atomic E-state index is 9.48. The Labute approximate surface area is 116 Å². The minimum absolute atomic E-state index is 0.368. The highest BCUT2D eigenvalue weighted by Crippen LogP contribution is 2.15. The number of hydrogen-bond donors (Lipinski definition) is 1. The van der Waals surface area contributed by atoms with Crippen LogP contribution in [0.2, 0.25) is 0 Å². The molecule has 19 heavy (non-hydrogen) atoms. The molecule has 0 radical (unpaired) electrons. The van der Waals surface area contributed by atoms with E-state index in [2.05, 4.69) is 29.7 Å². The molecule has 0 aliphatic carbocycles. The van der Waals surface area contributed by atoms with Crippen LogP contribution in [0.1, 0.15) is 25.8 Å². The third-order valence-corrected chi connectivity index (χ3v) is 4.05. The van der Waals surface area contributed by atoms with E-state index in [1.54, 1.807) is 6.07 Å². The van der Waals surface area contributed by atoms with Crippen LogP contribution in [0, 0.1) is 5.92 Å². The largest absolute Gasteiger partial charge is 0.508 e. The number of rotatable bonds is 5. The first-order chi connectivity index (χ1) is 9.17. The van der Waals surface area contributed by atoms with Gasteiger partial charge >= 0.3 is 0 Å². The first-order valence-electron chi connectivity index (χ1n) is 7.40. The highest BCUT2D eigenvalue weighted by Gasteiger charge is 2.18. The van der Waals surface area contributed by atoms with Crippen LogP contribution in [0.25, 0.3) is 0 Å². The Morgan fingerprint density at radius 1 is 1.16 bits per heavy atom. The molecule has 0 saturated carbocycles. The first-order valence-corrected chi connectivity index (χ1v) is 7.40. The van der Waals surface area contributed by atoms with Crippen molar-refractivity contribution in [3.05, 3.63) is 29.8 Å². The third kappa shape index (κ3) is 4.51. The zero-order valence-corrected chi connectivity index (χ0v) is 12.2. The Bertz CT molecular complexity index is 386. The second kappa shape index (κ2) is 6.92. The normalized spacial score (nSPS) is 19.5. The average Bonchev–Trinajstić information content (AvgIpc) is 2.41. The van der Waals surface area contributed by atoms with E-state index >= 15 is 0 Å². The molecule has 1 atom stereocenters. The summed E-state index contributed by atoms with van der Waals surface area (Å²) in [7, 11) is 0. The van der Waals surface area contributed by atoms with Gasteiger partial charge in [0.05, 0.1) is 0 Å². The zero-order valence-electron chi connectivity index (χ0n) is 12.2. The molecular formula is C16H26N2O. The van der Waals surface area contributed by atoms with Crippen LogP contribution in [0.3, 0.4) is 0 Å². The lowest BCUT2D eigenvalue weighted by atomic mass is 10.1. The van der Waals surface area contributed by atoms with Crippen molar-refractivity contribution in [2.45, 2.75) is 26.8 Å². The number of piperazine rings is 1. The second-order valence-electron chi connectivity index (χ2n) is 5.76. The van der Waals surface area contributed by atoms with Crippen molar-refractivity contribution < 1.29 is 5.11 Å². The molecule has 0 bridgehead atoms. The molecule has 0 spiro atoms. The van der Waals surface area contributed by atoms with E-state index in [0.29, 0.717) is 5.75 Å². The van der Waals surface area contributed by atoms with Gasteiger partial charge in [-0.2, -0.15) is 0 Å². The molecule has 1 heterocycles. The Balaban J connectivity index is 1.77. The number of hydrogen-bond acceptors (Lipinski definition) is 3. The lowest BCUT2D eigenvalue weighted by Gasteiger charge is -2.35. The van der Waals surface area contributed by atoms with Crippen LogP contribution in [0.5, 0.6) is 5.75 Å². The van der Waals surface area contributed by atoms with Crippen LogP contribution in [-0.4, -0.2) is 47.6 Å². The molecule has 1 N–H and O–H groups in total. The van der Waals surface area contributed by atoms with Crippen LogP contribution >= 0.6 is 0 Å². The van der Waals surface area contributed by atoms with Crippen molar-refractivity contribution in [2.24, 2.45) is 5.92 Å². The summed E-state index contributed by atoms with van der Waals surface area (Å²) in [5, 5.41) is 9.48. The summed E-state index contributed by atoms with van der Waals surface area (Å²) in [4.78, 5) is 5.05. The molecule has 0 amide bonds. The van der Waals surface area contributed by atoms with Gasteiger partial charge in [-0.05, 0) is 23.6 Å². The van der Waals surface area contributed by atoms with Crippen molar-refractivity contribution in [1.82, 2.24) is 9.80 Å². The Hall–Kier alpha value is -1.06. The number of phenolic OH excluding ortho intramolecular Hbond substituents is 1. The van der Waals surface area contributed by atoms with Gasteiger partial charge in [-0.3, -0.25) is 4.90 Å². The van der Waals surface area contributed by atoms with Gasteiger partial charge in [0.25, 0.3) is 0 Å². The average molecular weight is 262 g/mol. The van der Waals surface area contributed by atoms with Crippen molar-refractivity contribution in [3.8, 4) is 5.75 Å². The summed E-state index contributed by atoms with van der Waals surface area (Å²) < 4.78 is 0. The highest BCUT2D eigenvalue weighted by atomic mass is 16.3. The van der Waals surface area contributed by atoms with Crippen LogP contribution in [0.4, 0.5) is 0 Å². The van der Waals surface area contributed by atoms with Crippen molar-refractivity contribution in [3.63, 3.8) is 0 Å². The minimum Gasteiger partial charge on any atom is -0.508 e. The summed E-state index contributed by atoms with van der Waals surface area (Å²) >= 11 is 0. The zero-order chi connectivity index (χ0) is 13.7. The van der Waals surface area contributed by atoms with Gasteiger partial charge in [-0.25, -0.2) is 0 Å². The standard InChI is InChI=1S/C16H26N2O/c1-3-14(2)12-17-7-9-18(10-8-17)13-15-5-4-6-16(19)11-15/h4-6,11,14,19H,3,7-10,12-13H2,1-2H3. The molecule has 0 aromatic heterocycles. The maximum atomic E-state index is 9.48. The van der Waals surface area contributed by atoms with E-state index < -0.39 is 0 Å². The minimum atomic E-state index is 0.368. The fraction of sp³-hybridized carbons (Fsp3) is 0.625. The summed E-state index contributed by atoms with van der Waals surface area (Å²) in [5.41, 5.74) is 1.20. The van der Waals surface area contributed by atoms with Gasteiger partial charge in [-0.15, -0.1) is 0 Å². The van der Waals surface area contributed by atoms with E-state index in [-0.39, 0.29) is 0 Å². The SMILES string of the molecule is CCC(C)CN1CCN(Cc2cccc(O)c2)CC1. The molecule has 1 fully saturated rings. The smallest absolute Gasteiger partial charge is 0.115 e. The fourth-order valence-corrected chi connectivity index (χ4v) is 2.61. The molecule has 3 heteroatoms. The van der Waals surface area contributed by atoms with E-state index in [4.69, 9.17) is 0 Å². The van der Waals surface area contributed by atoms with Gasteiger partial charge in [-0.1, -0.05) is 32.4 Å². The number of phenols is 1. The maximum Gasteiger partial charge on any atom is 0.115 e. The molecule has 1 aromatic rings. The molecule has 2 rings (SSSR count). The quantitative estimate of drug-likeness (QED) is 0.883. The number of nitrogens with zero attached hydrogens (tertiary/aromatic N) is 2. The highest BCUT2D eigenvalue weighted by molar-refractivity contribution is 5.27. The molecule has 1 saturated heterocycles. The second-order valence-corrected chi connectivity index (χ2v) is 5.76. The summed E-state index contributed by atoms with van der Waals surface area (Å²) in [6, 6.07) is 7.61. The number of benzene rings is 1. The van der Waals surface area contributed by atoms with Crippen LogP contribution < -0.4 is 0 Å². The molecule has 1 aromatic carbocycles. The summed E-state index contributed by atoms with van der Waals surface area (Å²) in [5.74, 6) is 1.17. The van der Waals surface area contributed by atoms with E-state index in [0.717, 1.165) is 25.6 Å². The predicted octanol–water partition coefficient (Wildman–Crippen LogP) is 2.56. The van der Waals surface area contributed by atoms with E-state index in [1.165, 1.54) is 31.6 Å². The molecule has 1 unspecified atom stereocenters. The molecule has 106 valence electrons. The molecule has 3 nitrogen and oxygen atoms in total. The van der Waals surface area contributed by atoms with Gasteiger partial charge in [0.1, 0.15) is 5.75 Å². The Kier molecular flexibility index (Phi) is 5.23. The Morgan fingerprint density at radius 3 is 2.47 bits per heavy atom. The molecule has 1 aliphatic heterocycles. The van der Waals surface area contributed by atoms with Crippen molar-refractivity contribution in [2.75, 3.05) is 32.7 Å². The predicted molar refractivity (Wildman–Crippen MR) is 79.3 cm³/mol. The van der Waals surface area contributed by atoms with Gasteiger partial charge in [0.15, 0.2) is 0 Å². The lowest BCUT2D eigenvalue weighted by Crippen LogP contribution is -2.47. The van der Waals surface area contributed by atoms with Gasteiger partial charge in [0.2, 0.25) is 0 Å². The van der Waals surface area contributed by atoms with E-state index in [1.807, 2.05) is 12.1 Å². The summed E-state index contributed by atoms with van der Waals surface area (Å²) in [6.45, 7) is 11.4. The molecule has 1 aliphatic rings. The van der Waals surface area contributed by atoms with Gasteiger partial charge < -0.3 is 10.0 Å².